The average Bonchev–Trinajstić information content (AvgIpc) is 2.55. The molecule has 0 amide bonds. The number of halogens is 1. The van der Waals surface area contributed by atoms with E-state index in [4.69, 9.17) is 0 Å². The molecule has 1 atom stereocenters. The number of hydrogen-bond acceptors (Lipinski definition) is 3. The third-order valence-electron chi connectivity index (χ3n) is 2.68. The number of benzene rings is 1. The summed E-state index contributed by atoms with van der Waals surface area (Å²) in [7, 11) is 1.91. The number of aromatic hydroxyl groups is 2. The largest absolute Gasteiger partial charge is 0.504 e. The fourth-order valence-corrected chi connectivity index (χ4v) is 1.87. The van der Waals surface area contributed by atoms with Crippen LogP contribution in [-0.2, 0) is 12.8 Å². The first-order valence-corrected chi connectivity index (χ1v) is 4.42. The molecule has 0 aliphatic heterocycles. The molecule has 0 radical (unpaired) electrons. The lowest BCUT2D eigenvalue weighted by molar-refractivity contribution is 0.399. The standard InChI is InChI=1S/C10H13NO2.BrH/c1-11-7-4-6-2-3-9(12)10(13)8(6)5-7;/h2-3,7,11-13H,4-5H2,1H3;1H. The highest BCUT2D eigenvalue weighted by molar-refractivity contribution is 8.93. The topological polar surface area (TPSA) is 52.5 Å². The summed E-state index contributed by atoms with van der Waals surface area (Å²) in [6, 6.07) is 3.82. The number of likely N-dealkylation sites (N-methyl/N-ethyl adjacent to an activating group) is 1. The monoisotopic (exact) mass is 259 g/mol. The van der Waals surface area contributed by atoms with E-state index >= 15 is 0 Å². The molecule has 0 fully saturated rings. The molecule has 0 heterocycles. The first kappa shape index (κ1) is 11.3. The van der Waals surface area contributed by atoms with Gasteiger partial charge in [-0.3, -0.25) is 0 Å². The van der Waals surface area contributed by atoms with Crippen LogP contribution in [0.25, 0.3) is 0 Å². The molecule has 1 aliphatic carbocycles. The Morgan fingerprint density at radius 1 is 1.29 bits per heavy atom. The fourth-order valence-electron chi connectivity index (χ4n) is 1.87. The maximum atomic E-state index is 9.55. The number of nitrogens with one attached hydrogen (secondary N) is 1. The van der Waals surface area contributed by atoms with Crippen molar-refractivity contribution in [3.8, 4) is 11.5 Å². The Morgan fingerprint density at radius 3 is 2.64 bits per heavy atom. The zero-order chi connectivity index (χ0) is 9.42. The van der Waals surface area contributed by atoms with Crippen LogP contribution in [0.4, 0.5) is 0 Å². The predicted octanol–water partition coefficient (Wildman–Crippen LogP) is 1.36. The maximum Gasteiger partial charge on any atom is 0.161 e. The van der Waals surface area contributed by atoms with Gasteiger partial charge in [-0.15, -0.1) is 17.0 Å². The smallest absolute Gasteiger partial charge is 0.161 e. The van der Waals surface area contributed by atoms with Crippen LogP contribution in [0, 0.1) is 0 Å². The fraction of sp³-hybridized carbons (Fsp3) is 0.400. The van der Waals surface area contributed by atoms with Crippen LogP contribution >= 0.6 is 17.0 Å². The van der Waals surface area contributed by atoms with Gasteiger partial charge in [-0.05, 0) is 31.5 Å². The van der Waals surface area contributed by atoms with Gasteiger partial charge in [-0.2, -0.15) is 0 Å². The van der Waals surface area contributed by atoms with Crippen molar-refractivity contribution >= 4 is 17.0 Å². The first-order chi connectivity index (χ1) is 6.22. The van der Waals surface area contributed by atoms with E-state index in [2.05, 4.69) is 5.32 Å². The SMILES string of the molecule is Br.CNC1Cc2ccc(O)c(O)c2C1. The Labute approximate surface area is 93.5 Å². The zero-order valence-electron chi connectivity index (χ0n) is 7.95. The molecule has 3 nitrogen and oxygen atoms in total. The molecule has 2 rings (SSSR count). The van der Waals surface area contributed by atoms with E-state index in [0.717, 1.165) is 24.0 Å². The molecule has 4 heteroatoms. The summed E-state index contributed by atoms with van der Waals surface area (Å²) < 4.78 is 0. The minimum absolute atomic E-state index is 0. The molecule has 0 aromatic heterocycles. The van der Waals surface area contributed by atoms with Crippen LogP contribution in [-0.4, -0.2) is 23.3 Å². The van der Waals surface area contributed by atoms with Gasteiger partial charge in [0.2, 0.25) is 0 Å². The van der Waals surface area contributed by atoms with Crippen molar-refractivity contribution in [1.82, 2.24) is 5.32 Å². The van der Waals surface area contributed by atoms with Gasteiger partial charge in [0, 0.05) is 11.6 Å². The molecule has 78 valence electrons. The molecule has 3 N–H and O–H groups in total. The molecular weight excluding hydrogens is 246 g/mol. The van der Waals surface area contributed by atoms with E-state index in [-0.39, 0.29) is 28.5 Å². The second-order valence-electron chi connectivity index (χ2n) is 3.46. The van der Waals surface area contributed by atoms with Gasteiger partial charge in [0.25, 0.3) is 0 Å². The predicted molar refractivity (Wildman–Crippen MR) is 60.3 cm³/mol. The van der Waals surface area contributed by atoms with Crippen LogP contribution in [0.3, 0.4) is 0 Å². The van der Waals surface area contributed by atoms with Crippen molar-refractivity contribution in [2.24, 2.45) is 0 Å². The Bertz CT molecular complexity index is 341. The molecule has 0 saturated heterocycles. The number of hydrogen-bond donors (Lipinski definition) is 3. The van der Waals surface area contributed by atoms with E-state index in [1.165, 1.54) is 0 Å². The number of phenolic OH excluding ortho intramolecular Hbond substituents is 2. The minimum Gasteiger partial charge on any atom is -0.504 e. The minimum atomic E-state index is -0.0181. The highest BCUT2D eigenvalue weighted by atomic mass is 79.9. The lowest BCUT2D eigenvalue weighted by Crippen LogP contribution is -2.24. The molecular formula is C10H14BrNO2. The van der Waals surface area contributed by atoms with Crippen molar-refractivity contribution < 1.29 is 10.2 Å². The quantitative estimate of drug-likeness (QED) is 0.668. The second kappa shape index (κ2) is 4.19. The normalized spacial score (nSPS) is 18.8. The highest BCUT2D eigenvalue weighted by Gasteiger charge is 2.23. The Kier molecular flexibility index (Phi) is 3.39. The third kappa shape index (κ3) is 1.72. The van der Waals surface area contributed by atoms with Gasteiger partial charge in [0.1, 0.15) is 0 Å². The number of rotatable bonds is 1. The lowest BCUT2D eigenvalue weighted by Gasteiger charge is -2.05. The van der Waals surface area contributed by atoms with Gasteiger partial charge in [0.15, 0.2) is 11.5 Å². The zero-order valence-corrected chi connectivity index (χ0v) is 9.66. The molecule has 1 unspecified atom stereocenters. The summed E-state index contributed by atoms with van der Waals surface area (Å²) in [5.41, 5.74) is 2.02. The highest BCUT2D eigenvalue weighted by Crippen LogP contribution is 2.36. The van der Waals surface area contributed by atoms with Crippen LogP contribution < -0.4 is 5.32 Å². The first-order valence-electron chi connectivity index (χ1n) is 4.42. The number of phenols is 2. The summed E-state index contributed by atoms with van der Waals surface area (Å²) in [6.45, 7) is 0. The molecule has 14 heavy (non-hydrogen) atoms. The van der Waals surface area contributed by atoms with Crippen molar-refractivity contribution in [1.29, 1.82) is 0 Å². The lowest BCUT2D eigenvalue weighted by atomic mass is 10.1. The summed E-state index contributed by atoms with van der Waals surface area (Å²) in [4.78, 5) is 0. The average molecular weight is 260 g/mol. The van der Waals surface area contributed by atoms with E-state index < -0.39 is 0 Å². The summed E-state index contributed by atoms with van der Waals surface area (Å²) in [5.74, 6) is 0.0331. The van der Waals surface area contributed by atoms with Crippen molar-refractivity contribution in [2.75, 3.05) is 7.05 Å². The van der Waals surface area contributed by atoms with Gasteiger partial charge < -0.3 is 15.5 Å². The Morgan fingerprint density at radius 2 is 2.00 bits per heavy atom. The Balaban J connectivity index is 0.000000980. The molecule has 0 spiro atoms. The van der Waals surface area contributed by atoms with Gasteiger partial charge >= 0.3 is 0 Å². The van der Waals surface area contributed by atoms with E-state index in [9.17, 15) is 10.2 Å². The van der Waals surface area contributed by atoms with E-state index in [1.807, 2.05) is 13.1 Å². The van der Waals surface area contributed by atoms with Crippen molar-refractivity contribution in [2.45, 2.75) is 18.9 Å². The van der Waals surface area contributed by atoms with Gasteiger partial charge in [-0.1, -0.05) is 6.07 Å². The van der Waals surface area contributed by atoms with E-state index in [0.29, 0.717) is 6.04 Å². The van der Waals surface area contributed by atoms with E-state index in [1.54, 1.807) is 6.07 Å². The summed E-state index contributed by atoms with van der Waals surface area (Å²) >= 11 is 0. The summed E-state index contributed by atoms with van der Waals surface area (Å²) in [6.07, 6.45) is 1.73. The van der Waals surface area contributed by atoms with Crippen LogP contribution in [0.1, 0.15) is 11.1 Å². The van der Waals surface area contributed by atoms with Crippen LogP contribution in [0.5, 0.6) is 11.5 Å². The Hall–Kier alpha value is -0.740. The van der Waals surface area contributed by atoms with Crippen LogP contribution in [0.2, 0.25) is 0 Å². The van der Waals surface area contributed by atoms with Crippen LogP contribution in [0.15, 0.2) is 12.1 Å². The molecule has 0 saturated carbocycles. The second-order valence-corrected chi connectivity index (χ2v) is 3.46. The maximum absolute atomic E-state index is 9.55. The van der Waals surface area contributed by atoms with Crippen molar-refractivity contribution in [3.05, 3.63) is 23.3 Å². The third-order valence-corrected chi connectivity index (χ3v) is 2.68. The summed E-state index contributed by atoms with van der Waals surface area (Å²) in [5, 5.41) is 22.0. The van der Waals surface area contributed by atoms with Gasteiger partial charge in [-0.25, -0.2) is 0 Å². The van der Waals surface area contributed by atoms with Crippen molar-refractivity contribution in [3.63, 3.8) is 0 Å². The number of fused-ring (bicyclic) bond motifs is 1. The van der Waals surface area contributed by atoms with Gasteiger partial charge in [0.05, 0.1) is 0 Å². The molecule has 1 aliphatic rings. The molecule has 0 bridgehead atoms. The molecule has 1 aromatic carbocycles. The molecule has 1 aromatic rings.